The molecule has 0 bridgehead atoms. The van der Waals surface area contributed by atoms with Crippen LogP contribution in [0.3, 0.4) is 0 Å². The highest BCUT2D eigenvalue weighted by Gasteiger charge is 2.27. The lowest BCUT2D eigenvalue weighted by atomic mass is 9.94. The molecule has 8 nitrogen and oxygen atoms in total. The molecule has 11 heteroatoms. The first-order chi connectivity index (χ1) is 16.5. The van der Waals surface area contributed by atoms with Crippen LogP contribution in [0.15, 0.2) is 41.6 Å². The maximum absolute atomic E-state index is 13.2. The number of rotatable bonds is 7. The number of hydrogen-bond acceptors (Lipinski definition) is 5. The molecule has 3 aromatic rings. The molecule has 4 rings (SSSR count). The molecule has 1 amide bonds. The van der Waals surface area contributed by atoms with Crippen LogP contribution in [-0.4, -0.2) is 54.0 Å². The van der Waals surface area contributed by atoms with Crippen molar-refractivity contribution in [2.75, 3.05) is 19.8 Å². The van der Waals surface area contributed by atoms with E-state index in [9.17, 15) is 22.0 Å². The molecule has 0 spiro atoms. The number of aromatic nitrogens is 3. The Bertz CT molecular complexity index is 1320. The summed E-state index contributed by atoms with van der Waals surface area (Å²) < 4.78 is 59.8. The van der Waals surface area contributed by atoms with Crippen LogP contribution in [0.2, 0.25) is 0 Å². The third-order valence-corrected chi connectivity index (χ3v) is 7.73. The average Bonchev–Trinajstić information content (AvgIpc) is 3.44. The highest BCUT2D eigenvalue weighted by atomic mass is 32.2. The first kappa shape index (κ1) is 25.3. The molecule has 190 valence electrons. The van der Waals surface area contributed by atoms with Crippen molar-refractivity contribution in [3.05, 3.63) is 48.0 Å². The fourth-order valence-electron chi connectivity index (χ4n) is 4.27. The third-order valence-electron chi connectivity index (χ3n) is 6.09. The number of carbonyl (C=O) groups excluding carboxylic acids is 1. The van der Waals surface area contributed by atoms with Crippen LogP contribution >= 0.6 is 0 Å². The number of carbonyl (C=O) groups is 1. The van der Waals surface area contributed by atoms with Crippen molar-refractivity contribution >= 4 is 27.0 Å². The lowest BCUT2D eigenvalue weighted by molar-refractivity contribution is 0.0611. The van der Waals surface area contributed by atoms with E-state index in [0.29, 0.717) is 11.4 Å². The van der Waals surface area contributed by atoms with Gasteiger partial charge in [0.15, 0.2) is 0 Å². The molecule has 1 aliphatic heterocycles. The predicted molar refractivity (Wildman–Crippen MR) is 127 cm³/mol. The minimum absolute atomic E-state index is 0.0222. The van der Waals surface area contributed by atoms with Crippen LogP contribution in [0.25, 0.3) is 11.0 Å². The number of hydrogen-bond donors (Lipinski definition) is 1. The fraction of sp³-hybridized carbons (Fsp3) is 0.500. The van der Waals surface area contributed by atoms with E-state index in [0.717, 1.165) is 54.1 Å². The Balaban J connectivity index is 1.67. The maximum atomic E-state index is 13.2. The van der Waals surface area contributed by atoms with Crippen molar-refractivity contribution in [1.29, 1.82) is 0 Å². The molecule has 2 aromatic heterocycles. The zero-order chi connectivity index (χ0) is 25.4. The normalized spacial score (nSPS) is 15.7. The summed E-state index contributed by atoms with van der Waals surface area (Å²) in [5.74, 6) is 0.573. The molecule has 0 unspecified atom stereocenters. The monoisotopic (exact) mass is 508 g/mol. The SMILES string of the molecule is CC(C)(C)c1nc2cc(S(=O)(=O)n3ccc(C(=O)NCC(F)F)c3)ccc2n1CC1CCOCC1. The van der Waals surface area contributed by atoms with Crippen molar-refractivity contribution in [3.8, 4) is 0 Å². The molecule has 1 N–H and O–H groups in total. The lowest BCUT2D eigenvalue weighted by Gasteiger charge is -2.26. The molecule has 0 saturated carbocycles. The van der Waals surface area contributed by atoms with Gasteiger partial charge in [0.25, 0.3) is 22.4 Å². The van der Waals surface area contributed by atoms with E-state index in [4.69, 9.17) is 9.72 Å². The highest BCUT2D eigenvalue weighted by molar-refractivity contribution is 7.90. The minimum atomic E-state index is -4.02. The average molecular weight is 509 g/mol. The topological polar surface area (TPSA) is 95.2 Å². The molecule has 0 atom stereocenters. The summed E-state index contributed by atoms with van der Waals surface area (Å²) in [4.78, 5) is 16.9. The van der Waals surface area contributed by atoms with Gasteiger partial charge in [-0.05, 0) is 43.0 Å². The largest absolute Gasteiger partial charge is 0.381 e. The van der Waals surface area contributed by atoms with Crippen LogP contribution in [-0.2, 0) is 26.7 Å². The summed E-state index contributed by atoms with van der Waals surface area (Å²) in [6.07, 6.45) is 1.58. The Morgan fingerprint density at radius 1 is 1.23 bits per heavy atom. The standard InChI is InChI=1S/C24H30F2N4O4S/c1-24(2,3)23-28-19-12-18(4-5-20(19)30(23)14-16-7-10-34-11-8-16)35(32,33)29-9-6-17(15-29)22(31)27-13-21(25)26/h4-6,9,12,15-16,21H,7-8,10-11,13-14H2,1-3H3,(H,27,31). The minimum Gasteiger partial charge on any atom is -0.381 e. The zero-order valence-corrected chi connectivity index (χ0v) is 20.8. The van der Waals surface area contributed by atoms with Crippen LogP contribution in [0.4, 0.5) is 8.78 Å². The number of imidazole rings is 1. The van der Waals surface area contributed by atoms with Gasteiger partial charge in [0.05, 0.1) is 28.0 Å². The Morgan fingerprint density at radius 3 is 2.60 bits per heavy atom. The smallest absolute Gasteiger partial charge is 0.267 e. The summed E-state index contributed by atoms with van der Waals surface area (Å²) in [6.45, 7) is 7.69. The van der Waals surface area contributed by atoms with Crippen molar-refractivity contribution in [2.24, 2.45) is 5.92 Å². The quantitative estimate of drug-likeness (QED) is 0.524. The van der Waals surface area contributed by atoms with Crippen LogP contribution in [0, 0.1) is 5.92 Å². The van der Waals surface area contributed by atoms with E-state index >= 15 is 0 Å². The van der Waals surface area contributed by atoms with Gasteiger partial charge in [0.1, 0.15) is 5.82 Å². The number of ether oxygens (including phenoxy) is 1. The Labute approximate surface area is 203 Å². The summed E-state index contributed by atoms with van der Waals surface area (Å²) >= 11 is 0. The highest BCUT2D eigenvalue weighted by Crippen LogP contribution is 2.30. The van der Waals surface area contributed by atoms with Crippen molar-refractivity contribution in [2.45, 2.75) is 56.9 Å². The predicted octanol–water partition coefficient (Wildman–Crippen LogP) is 3.79. The van der Waals surface area contributed by atoms with Gasteiger partial charge in [0, 0.05) is 37.6 Å². The van der Waals surface area contributed by atoms with Gasteiger partial charge >= 0.3 is 0 Å². The summed E-state index contributed by atoms with van der Waals surface area (Å²) in [5.41, 5.74) is 1.17. The van der Waals surface area contributed by atoms with E-state index in [1.54, 1.807) is 6.07 Å². The van der Waals surface area contributed by atoms with Gasteiger partial charge in [-0.3, -0.25) is 4.79 Å². The molecule has 0 radical (unpaired) electrons. The Kier molecular flexibility index (Phi) is 7.01. The Hall–Kier alpha value is -2.79. The summed E-state index contributed by atoms with van der Waals surface area (Å²) in [5, 5.41) is 2.07. The maximum Gasteiger partial charge on any atom is 0.267 e. The summed E-state index contributed by atoms with van der Waals surface area (Å²) in [6, 6.07) is 6.11. The van der Waals surface area contributed by atoms with E-state index < -0.39 is 28.9 Å². The fourth-order valence-corrected chi connectivity index (χ4v) is 5.49. The number of halogens is 2. The number of benzene rings is 1. The van der Waals surface area contributed by atoms with Crippen LogP contribution in [0.1, 0.15) is 49.8 Å². The Morgan fingerprint density at radius 2 is 1.94 bits per heavy atom. The van der Waals surface area contributed by atoms with Gasteiger partial charge in [-0.15, -0.1) is 0 Å². The molecular weight excluding hydrogens is 478 g/mol. The zero-order valence-electron chi connectivity index (χ0n) is 20.0. The number of fused-ring (bicyclic) bond motifs is 1. The van der Waals surface area contributed by atoms with Gasteiger partial charge < -0.3 is 14.6 Å². The second-order valence-electron chi connectivity index (χ2n) is 9.84. The second kappa shape index (κ2) is 9.69. The van der Waals surface area contributed by atoms with E-state index in [-0.39, 0.29) is 15.9 Å². The molecule has 1 aliphatic rings. The van der Waals surface area contributed by atoms with Crippen LogP contribution < -0.4 is 5.32 Å². The van der Waals surface area contributed by atoms with E-state index in [1.165, 1.54) is 24.4 Å². The van der Waals surface area contributed by atoms with E-state index in [1.807, 2.05) is 0 Å². The first-order valence-corrected chi connectivity index (χ1v) is 13.0. The molecule has 35 heavy (non-hydrogen) atoms. The molecule has 3 heterocycles. The molecule has 1 fully saturated rings. The number of amides is 1. The van der Waals surface area contributed by atoms with Crippen molar-refractivity contribution < 1.29 is 26.7 Å². The third kappa shape index (κ3) is 5.40. The second-order valence-corrected chi connectivity index (χ2v) is 11.7. The van der Waals surface area contributed by atoms with Gasteiger partial charge in [-0.2, -0.15) is 0 Å². The molecular formula is C24H30F2N4O4S. The molecule has 0 aliphatic carbocycles. The van der Waals surface area contributed by atoms with Gasteiger partial charge in [-0.25, -0.2) is 26.2 Å². The van der Waals surface area contributed by atoms with Crippen molar-refractivity contribution in [3.63, 3.8) is 0 Å². The van der Waals surface area contributed by atoms with Crippen molar-refractivity contribution in [1.82, 2.24) is 18.8 Å². The molecule has 1 saturated heterocycles. The molecule has 1 aromatic carbocycles. The van der Waals surface area contributed by atoms with Crippen LogP contribution in [0.5, 0.6) is 0 Å². The lowest BCUT2D eigenvalue weighted by Crippen LogP contribution is -2.28. The van der Waals surface area contributed by atoms with E-state index in [2.05, 4.69) is 30.7 Å². The summed E-state index contributed by atoms with van der Waals surface area (Å²) in [7, 11) is -4.02. The van der Waals surface area contributed by atoms with Gasteiger partial charge in [-0.1, -0.05) is 20.8 Å². The first-order valence-electron chi connectivity index (χ1n) is 11.6. The number of nitrogens with one attached hydrogen (secondary N) is 1. The van der Waals surface area contributed by atoms with Gasteiger partial charge in [0.2, 0.25) is 0 Å². The number of alkyl halides is 2. The number of nitrogens with zero attached hydrogens (tertiary/aromatic N) is 3.